The van der Waals surface area contributed by atoms with Crippen molar-refractivity contribution in [2.24, 2.45) is 5.10 Å². The van der Waals surface area contributed by atoms with Crippen molar-refractivity contribution in [2.75, 3.05) is 7.11 Å². The monoisotopic (exact) mass is 562 g/mol. The second-order valence-electron chi connectivity index (χ2n) is 7.30. The lowest BCUT2D eigenvalue weighted by Gasteiger charge is -2.14. The number of benzene rings is 3. The van der Waals surface area contributed by atoms with Crippen molar-refractivity contribution in [3.8, 4) is 11.5 Å². The van der Waals surface area contributed by atoms with Crippen LogP contribution >= 0.6 is 34.2 Å². The Balaban J connectivity index is 1.64. The Hall–Kier alpha value is -2.58. The normalized spacial score (nSPS) is 10.9. The number of carbonyl (C=O) groups is 1. The van der Waals surface area contributed by atoms with Crippen LogP contribution in [0.1, 0.15) is 27.8 Å². The second-order valence-corrected chi connectivity index (χ2v) is 8.87. The van der Waals surface area contributed by atoms with E-state index in [-0.39, 0.29) is 12.3 Å². The molecule has 0 spiro atoms. The molecule has 0 bridgehead atoms. The Morgan fingerprint density at radius 2 is 1.91 bits per heavy atom. The van der Waals surface area contributed by atoms with Gasteiger partial charge < -0.3 is 9.47 Å². The third-order valence-corrected chi connectivity index (χ3v) is 6.09. The predicted octanol–water partition coefficient (Wildman–Crippen LogP) is 5.84. The Morgan fingerprint density at radius 1 is 1.12 bits per heavy atom. The molecule has 0 aliphatic heterocycles. The van der Waals surface area contributed by atoms with E-state index in [4.69, 9.17) is 21.1 Å². The number of hydrogen-bond donors (Lipinski definition) is 1. The number of hydrazone groups is 1. The summed E-state index contributed by atoms with van der Waals surface area (Å²) < 4.78 is 12.3. The maximum Gasteiger partial charge on any atom is 0.244 e. The van der Waals surface area contributed by atoms with E-state index < -0.39 is 0 Å². The molecule has 1 N–H and O–H groups in total. The van der Waals surface area contributed by atoms with Gasteiger partial charge in [-0.05, 0) is 76.9 Å². The number of amides is 1. The van der Waals surface area contributed by atoms with Crippen LogP contribution in [-0.2, 0) is 17.8 Å². The summed E-state index contributed by atoms with van der Waals surface area (Å²) in [6.07, 6.45) is 1.86. The van der Waals surface area contributed by atoms with Gasteiger partial charge in [0.2, 0.25) is 5.91 Å². The maximum atomic E-state index is 12.2. The Kier molecular flexibility index (Phi) is 8.53. The van der Waals surface area contributed by atoms with Gasteiger partial charge in [0.25, 0.3) is 0 Å². The molecule has 0 saturated heterocycles. The highest BCUT2D eigenvalue weighted by Crippen LogP contribution is 2.34. The van der Waals surface area contributed by atoms with Gasteiger partial charge in [-0.3, -0.25) is 4.79 Å². The summed E-state index contributed by atoms with van der Waals surface area (Å²) in [5, 5.41) is 4.74. The average Bonchev–Trinajstić information content (AvgIpc) is 2.76. The molecule has 0 aliphatic carbocycles. The van der Waals surface area contributed by atoms with Crippen molar-refractivity contribution in [2.45, 2.75) is 26.9 Å². The largest absolute Gasteiger partial charge is 0.493 e. The van der Waals surface area contributed by atoms with E-state index in [2.05, 4.69) is 33.1 Å². The molecule has 0 saturated carbocycles. The number of aryl methyl sites for hydroxylation is 2. The van der Waals surface area contributed by atoms with Crippen LogP contribution in [-0.4, -0.2) is 19.2 Å². The summed E-state index contributed by atoms with van der Waals surface area (Å²) in [6.45, 7) is 4.41. The fraction of sp³-hybridized carbons (Fsp3) is 0.200. The maximum absolute atomic E-state index is 12.2. The van der Waals surface area contributed by atoms with E-state index in [1.807, 2.05) is 68.4 Å². The number of carbonyl (C=O) groups excluding carboxylic acids is 1. The van der Waals surface area contributed by atoms with E-state index in [0.29, 0.717) is 23.1 Å². The molecular weight excluding hydrogens is 539 g/mol. The molecule has 32 heavy (non-hydrogen) atoms. The van der Waals surface area contributed by atoms with E-state index in [1.165, 1.54) is 5.56 Å². The van der Waals surface area contributed by atoms with Crippen molar-refractivity contribution in [1.82, 2.24) is 5.43 Å². The molecule has 5 nitrogen and oxygen atoms in total. The van der Waals surface area contributed by atoms with Crippen LogP contribution in [0.2, 0.25) is 5.02 Å². The lowest BCUT2D eigenvalue weighted by atomic mass is 10.0. The highest BCUT2D eigenvalue weighted by molar-refractivity contribution is 14.1. The molecule has 0 aromatic heterocycles. The summed E-state index contributed by atoms with van der Waals surface area (Å²) in [7, 11) is 1.58. The van der Waals surface area contributed by atoms with Gasteiger partial charge in [0.05, 0.1) is 23.3 Å². The highest BCUT2D eigenvalue weighted by Gasteiger charge is 2.12. The number of rotatable bonds is 8. The zero-order chi connectivity index (χ0) is 23.1. The summed E-state index contributed by atoms with van der Waals surface area (Å²) in [5.74, 6) is 1.03. The van der Waals surface area contributed by atoms with Crippen LogP contribution in [0.3, 0.4) is 0 Å². The minimum absolute atomic E-state index is 0.175. The van der Waals surface area contributed by atoms with Gasteiger partial charge in [0.1, 0.15) is 6.61 Å². The number of halogens is 2. The standard InChI is InChI=1S/C25H24ClIN2O3/c1-16-8-9-18(10-17(16)2)13-24(30)29-28-14-19-11-22(27)25(23(12-19)31-3)32-15-20-6-4-5-7-21(20)26/h4-12,14H,13,15H2,1-3H3,(H,29,30)/b28-14-. The molecule has 0 radical (unpaired) electrons. The van der Waals surface area contributed by atoms with E-state index in [0.717, 1.165) is 25.8 Å². The molecule has 0 heterocycles. The smallest absolute Gasteiger partial charge is 0.244 e. The molecule has 0 aliphatic rings. The zero-order valence-electron chi connectivity index (χ0n) is 18.1. The number of nitrogens with zero attached hydrogens (tertiary/aromatic N) is 1. The molecule has 3 aromatic carbocycles. The zero-order valence-corrected chi connectivity index (χ0v) is 21.0. The van der Waals surface area contributed by atoms with Crippen LogP contribution in [0.5, 0.6) is 11.5 Å². The van der Waals surface area contributed by atoms with Crippen LogP contribution in [0.4, 0.5) is 0 Å². The number of nitrogens with one attached hydrogen (secondary N) is 1. The quantitative estimate of drug-likeness (QED) is 0.213. The molecule has 0 atom stereocenters. The van der Waals surface area contributed by atoms with Crippen molar-refractivity contribution in [1.29, 1.82) is 0 Å². The lowest BCUT2D eigenvalue weighted by Crippen LogP contribution is -2.19. The van der Waals surface area contributed by atoms with Crippen molar-refractivity contribution >= 4 is 46.3 Å². The first-order valence-corrected chi connectivity index (χ1v) is 11.4. The average molecular weight is 563 g/mol. The van der Waals surface area contributed by atoms with E-state index >= 15 is 0 Å². The van der Waals surface area contributed by atoms with Gasteiger partial charge >= 0.3 is 0 Å². The fourth-order valence-corrected chi connectivity index (χ4v) is 4.01. The van der Waals surface area contributed by atoms with Crippen LogP contribution in [0.15, 0.2) is 59.7 Å². The molecule has 166 valence electrons. The minimum atomic E-state index is -0.175. The third-order valence-electron chi connectivity index (χ3n) is 4.92. The Morgan fingerprint density at radius 3 is 2.62 bits per heavy atom. The van der Waals surface area contributed by atoms with Crippen molar-refractivity contribution < 1.29 is 14.3 Å². The summed E-state index contributed by atoms with van der Waals surface area (Å²) in [5.41, 5.74) is 7.58. The predicted molar refractivity (Wildman–Crippen MR) is 137 cm³/mol. The molecule has 1 amide bonds. The first-order valence-electron chi connectivity index (χ1n) is 9.99. The van der Waals surface area contributed by atoms with Crippen molar-refractivity contribution in [3.63, 3.8) is 0 Å². The highest BCUT2D eigenvalue weighted by atomic mass is 127. The molecule has 3 rings (SSSR count). The molecule has 0 fully saturated rings. The third kappa shape index (κ3) is 6.46. The number of methoxy groups -OCH3 is 1. The Labute approximate surface area is 206 Å². The van der Waals surface area contributed by atoms with Gasteiger partial charge in [0, 0.05) is 10.6 Å². The summed E-state index contributed by atoms with van der Waals surface area (Å²) in [6, 6.07) is 17.3. The van der Waals surface area contributed by atoms with Crippen molar-refractivity contribution in [3.05, 3.63) is 91.0 Å². The topological polar surface area (TPSA) is 59.9 Å². The van der Waals surface area contributed by atoms with Crippen LogP contribution in [0, 0.1) is 17.4 Å². The Bertz CT molecular complexity index is 1150. The van der Waals surface area contributed by atoms with E-state index in [1.54, 1.807) is 13.3 Å². The molecular formula is C25H24ClIN2O3. The van der Waals surface area contributed by atoms with Gasteiger partial charge in [-0.2, -0.15) is 5.10 Å². The molecule has 7 heteroatoms. The first-order chi connectivity index (χ1) is 15.4. The van der Waals surface area contributed by atoms with Gasteiger partial charge in [0.15, 0.2) is 11.5 Å². The minimum Gasteiger partial charge on any atom is -0.493 e. The first kappa shape index (κ1) is 24.1. The van der Waals surface area contributed by atoms with Gasteiger partial charge in [-0.15, -0.1) is 0 Å². The lowest BCUT2D eigenvalue weighted by molar-refractivity contribution is -0.120. The van der Waals surface area contributed by atoms with Crippen LogP contribution in [0.25, 0.3) is 0 Å². The second kappa shape index (κ2) is 11.3. The van der Waals surface area contributed by atoms with Gasteiger partial charge in [-0.25, -0.2) is 5.43 Å². The molecule has 3 aromatic rings. The fourth-order valence-electron chi connectivity index (χ4n) is 3.04. The van der Waals surface area contributed by atoms with Crippen LogP contribution < -0.4 is 14.9 Å². The van der Waals surface area contributed by atoms with E-state index in [9.17, 15) is 4.79 Å². The SMILES string of the molecule is COc1cc(/C=N\NC(=O)Cc2ccc(C)c(C)c2)cc(I)c1OCc1ccccc1Cl. The number of hydrogen-bond acceptors (Lipinski definition) is 4. The summed E-state index contributed by atoms with van der Waals surface area (Å²) in [4.78, 5) is 12.2. The molecule has 0 unspecified atom stereocenters. The number of ether oxygens (including phenoxy) is 2. The van der Waals surface area contributed by atoms with Gasteiger partial charge in [-0.1, -0.05) is 48.0 Å². The summed E-state index contributed by atoms with van der Waals surface area (Å²) >= 11 is 8.40.